The van der Waals surface area contributed by atoms with E-state index >= 15 is 0 Å². The first-order valence-corrected chi connectivity index (χ1v) is 7.08. The molecule has 0 bridgehead atoms. The van der Waals surface area contributed by atoms with Gasteiger partial charge in [-0.1, -0.05) is 0 Å². The largest absolute Gasteiger partial charge is 0.497 e. The summed E-state index contributed by atoms with van der Waals surface area (Å²) in [5.74, 6) is 1.87. The summed E-state index contributed by atoms with van der Waals surface area (Å²) in [5, 5.41) is 0. The molecule has 0 atom stereocenters. The molecule has 0 unspecified atom stereocenters. The fraction of sp³-hybridized carbons (Fsp3) is 0.375. The number of hydrogen-bond acceptors (Lipinski definition) is 5. The smallest absolute Gasteiger partial charge is 0.293 e. The molecule has 0 aliphatic rings. The van der Waals surface area contributed by atoms with Crippen LogP contribution in [0.3, 0.4) is 0 Å². The van der Waals surface area contributed by atoms with Gasteiger partial charge >= 0.3 is 0 Å². The molecule has 6 heteroatoms. The molecule has 0 aliphatic carbocycles. The summed E-state index contributed by atoms with van der Waals surface area (Å²) in [6, 6.07) is 5.62. The molecular formula is C16H21N3O3. The lowest BCUT2D eigenvalue weighted by Gasteiger charge is -2.20. The summed E-state index contributed by atoms with van der Waals surface area (Å²) in [6.45, 7) is 3.06. The predicted octanol–water partition coefficient (Wildman–Crippen LogP) is 1.92. The molecule has 0 aliphatic heterocycles. The molecule has 118 valence electrons. The lowest BCUT2D eigenvalue weighted by molar-refractivity contribution is 0.391. The number of methoxy groups -OCH3 is 2. The van der Waals surface area contributed by atoms with Crippen LogP contribution in [0.1, 0.15) is 12.5 Å². The fourth-order valence-corrected chi connectivity index (χ4v) is 2.26. The van der Waals surface area contributed by atoms with Crippen LogP contribution in [-0.4, -0.2) is 30.8 Å². The van der Waals surface area contributed by atoms with E-state index in [4.69, 9.17) is 9.47 Å². The molecule has 6 nitrogen and oxygen atoms in total. The fourth-order valence-electron chi connectivity index (χ4n) is 2.26. The monoisotopic (exact) mass is 303 g/mol. The lowest BCUT2D eigenvalue weighted by Crippen LogP contribution is -2.30. The maximum atomic E-state index is 12.3. The zero-order valence-corrected chi connectivity index (χ0v) is 13.4. The van der Waals surface area contributed by atoms with E-state index in [0.29, 0.717) is 18.9 Å². The van der Waals surface area contributed by atoms with E-state index in [1.54, 1.807) is 31.2 Å². The van der Waals surface area contributed by atoms with Crippen molar-refractivity contribution in [2.24, 2.45) is 0 Å². The van der Waals surface area contributed by atoms with Gasteiger partial charge in [0, 0.05) is 44.2 Å². The Balaban J connectivity index is 2.29. The molecule has 22 heavy (non-hydrogen) atoms. The summed E-state index contributed by atoms with van der Waals surface area (Å²) in [4.78, 5) is 18.3. The average molecular weight is 303 g/mol. The maximum absolute atomic E-state index is 12.3. The molecule has 0 saturated heterocycles. The van der Waals surface area contributed by atoms with Gasteiger partial charge in [0.1, 0.15) is 11.5 Å². The molecule has 0 amide bonds. The lowest BCUT2D eigenvalue weighted by atomic mass is 10.2. The number of rotatable bonds is 6. The first kappa shape index (κ1) is 15.9. The van der Waals surface area contributed by atoms with Crippen LogP contribution in [0.4, 0.5) is 5.82 Å². The minimum atomic E-state index is -0.0972. The van der Waals surface area contributed by atoms with Crippen molar-refractivity contribution in [3.05, 3.63) is 46.5 Å². The molecule has 2 rings (SSSR count). The van der Waals surface area contributed by atoms with Gasteiger partial charge in [0.25, 0.3) is 5.56 Å². The number of hydrogen-bond donors (Lipinski definition) is 0. The topological polar surface area (TPSA) is 56.6 Å². The third-order valence-electron chi connectivity index (χ3n) is 3.50. The van der Waals surface area contributed by atoms with Gasteiger partial charge in [-0.15, -0.1) is 0 Å². The van der Waals surface area contributed by atoms with Crippen LogP contribution in [0.2, 0.25) is 0 Å². The Hall–Kier alpha value is -2.50. The molecule has 0 saturated carbocycles. The SMILES string of the molecule is CCn1ccnc(N(C)Cc2ccc(OC)cc2OC)c1=O. The Kier molecular flexibility index (Phi) is 5.04. The molecule has 0 fully saturated rings. The quantitative estimate of drug-likeness (QED) is 0.816. The number of anilines is 1. The van der Waals surface area contributed by atoms with Crippen molar-refractivity contribution in [1.29, 1.82) is 0 Å². The van der Waals surface area contributed by atoms with Gasteiger partial charge in [-0.25, -0.2) is 4.98 Å². The van der Waals surface area contributed by atoms with Crippen LogP contribution in [0.5, 0.6) is 11.5 Å². The Morgan fingerprint density at radius 1 is 1.27 bits per heavy atom. The van der Waals surface area contributed by atoms with Crippen LogP contribution >= 0.6 is 0 Å². The minimum Gasteiger partial charge on any atom is -0.497 e. The standard InChI is InChI=1S/C16H21N3O3/c1-5-19-9-8-17-15(16(19)20)18(2)11-12-6-7-13(21-3)10-14(12)22-4/h6-10H,5,11H2,1-4H3. The molecule has 0 radical (unpaired) electrons. The van der Waals surface area contributed by atoms with Crippen LogP contribution in [0.15, 0.2) is 35.4 Å². The third kappa shape index (κ3) is 3.21. The van der Waals surface area contributed by atoms with Crippen LogP contribution in [-0.2, 0) is 13.1 Å². The second kappa shape index (κ2) is 6.98. The number of nitrogens with zero attached hydrogens (tertiary/aromatic N) is 3. The van der Waals surface area contributed by atoms with Crippen molar-refractivity contribution in [1.82, 2.24) is 9.55 Å². The van der Waals surface area contributed by atoms with Gasteiger partial charge in [-0.2, -0.15) is 0 Å². The van der Waals surface area contributed by atoms with E-state index in [1.165, 1.54) is 0 Å². The summed E-state index contributed by atoms with van der Waals surface area (Å²) >= 11 is 0. The summed E-state index contributed by atoms with van der Waals surface area (Å²) < 4.78 is 12.2. The van der Waals surface area contributed by atoms with Crippen molar-refractivity contribution in [3.63, 3.8) is 0 Å². The second-order valence-electron chi connectivity index (χ2n) is 4.88. The van der Waals surface area contributed by atoms with Gasteiger partial charge in [0.2, 0.25) is 0 Å². The minimum absolute atomic E-state index is 0.0972. The van der Waals surface area contributed by atoms with Crippen LogP contribution in [0, 0.1) is 0 Å². The van der Waals surface area contributed by atoms with Crippen molar-refractivity contribution in [2.45, 2.75) is 20.0 Å². The molecule has 1 aromatic heterocycles. The van der Waals surface area contributed by atoms with Gasteiger partial charge in [-0.3, -0.25) is 4.79 Å². The highest BCUT2D eigenvalue weighted by atomic mass is 16.5. The van der Waals surface area contributed by atoms with Crippen LogP contribution < -0.4 is 19.9 Å². The van der Waals surface area contributed by atoms with Crippen molar-refractivity contribution >= 4 is 5.82 Å². The van der Waals surface area contributed by atoms with E-state index < -0.39 is 0 Å². The molecule has 0 spiro atoms. The predicted molar refractivity (Wildman–Crippen MR) is 85.8 cm³/mol. The second-order valence-corrected chi connectivity index (χ2v) is 4.88. The molecule has 1 heterocycles. The summed E-state index contributed by atoms with van der Waals surface area (Å²) in [7, 11) is 5.07. The normalized spacial score (nSPS) is 10.4. The van der Waals surface area contributed by atoms with Crippen molar-refractivity contribution < 1.29 is 9.47 Å². The van der Waals surface area contributed by atoms with Gasteiger partial charge in [-0.05, 0) is 19.1 Å². The average Bonchev–Trinajstić information content (AvgIpc) is 2.55. The van der Waals surface area contributed by atoms with E-state index in [9.17, 15) is 4.79 Å². The highest BCUT2D eigenvalue weighted by molar-refractivity contribution is 5.44. The van der Waals surface area contributed by atoms with Gasteiger partial charge < -0.3 is 18.9 Å². The number of ether oxygens (including phenoxy) is 2. The van der Waals surface area contributed by atoms with Crippen LogP contribution in [0.25, 0.3) is 0 Å². The van der Waals surface area contributed by atoms with Gasteiger partial charge in [0.05, 0.1) is 14.2 Å². The summed E-state index contributed by atoms with van der Waals surface area (Å²) in [5.41, 5.74) is 0.860. The summed E-state index contributed by atoms with van der Waals surface area (Å²) in [6.07, 6.45) is 3.33. The van der Waals surface area contributed by atoms with Crippen molar-refractivity contribution in [3.8, 4) is 11.5 Å². The number of aromatic nitrogens is 2. The van der Waals surface area contributed by atoms with Gasteiger partial charge in [0.15, 0.2) is 5.82 Å². The van der Waals surface area contributed by atoms with Crippen molar-refractivity contribution in [2.75, 3.05) is 26.2 Å². The first-order valence-electron chi connectivity index (χ1n) is 7.08. The Morgan fingerprint density at radius 3 is 2.68 bits per heavy atom. The zero-order valence-electron chi connectivity index (χ0n) is 13.4. The Morgan fingerprint density at radius 2 is 2.05 bits per heavy atom. The Bertz CT molecular complexity index is 697. The number of benzene rings is 1. The molecular weight excluding hydrogens is 282 g/mol. The number of aryl methyl sites for hydroxylation is 1. The van der Waals surface area contributed by atoms with E-state index in [2.05, 4.69) is 4.98 Å². The zero-order chi connectivity index (χ0) is 16.1. The Labute approximate surface area is 129 Å². The molecule has 0 N–H and O–H groups in total. The molecule has 1 aromatic carbocycles. The maximum Gasteiger partial charge on any atom is 0.293 e. The highest BCUT2D eigenvalue weighted by Crippen LogP contribution is 2.25. The highest BCUT2D eigenvalue weighted by Gasteiger charge is 2.13. The van der Waals surface area contributed by atoms with E-state index in [0.717, 1.165) is 17.1 Å². The third-order valence-corrected chi connectivity index (χ3v) is 3.50. The van der Waals surface area contributed by atoms with E-state index in [-0.39, 0.29) is 5.56 Å². The first-order chi connectivity index (χ1) is 10.6. The molecule has 2 aromatic rings. The van der Waals surface area contributed by atoms with E-state index in [1.807, 2.05) is 37.1 Å².